The van der Waals surface area contributed by atoms with E-state index in [0.29, 0.717) is 13.1 Å². The number of nitrogens with zero attached hydrogens (tertiary/aromatic N) is 1. The topological polar surface area (TPSA) is 102 Å². The molecule has 0 aliphatic carbocycles. The van der Waals surface area contributed by atoms with Crippen molar-refractivity contribution >= 4 is 29.4 Å². The fraction of sp³-hybridized carbons (Fsp3) is 0.474. The van der Waals surface area contributed by atoms with Gasteiger partial charge in [0.2, 0.25) is 11.8 Å². The highest BCUT2D eigenvalue weighted by molar-refractivity contribution is 6.05. The van der Waals surface area contributed by atoms with Gasteiger partial charge in [0.05, 0.1) is 37.0 Å². The molecule has 1 atom stereocenters. The molecule has 0 spiro atoms. The second-order valence-corrected chi connectivity index (χ2v) is 6.33. The van der Waals surface area contributed by atoms with E-state index in [1.165, 1.54) is 32.4 Å². The molecule has 0 bridgehead atoms. The first-order valence-corrected chi connectivity index (χ1v) is 8.80. The molecule has 2 amide bonds. The largest absolute Gasteiger partial charge is 0.465 e. The quantitative estimate of drug-likeness (QED) is 0.729. The van der Waals surface area contributed by atoms with Gasteiger partial charge in [0.1, 0.15) is 0 Å². The third-order valence-electron chi connectivity index (χ3n) is 4.47. The molecule has 1 N–H and O–H groups in total. The van der Waals surface area contributed by atoms with Crippen molar-refractivity contribution in [3.05, 3.63) is 29.3 Å². The van der Waals surface area contributed by atoms with Crippen LogP contribution in [-0.2, 0) is 19.1 Å². The van der Waals surface area contributed by atoms with Gasteiger partial charge in [-0.2, -0.15) is 0 Å². The lowest BCUT2D eigenvalue weighted by atomic mass is 10.1. The number of nitrogens with one attached hydrogen (secondary N) is 1. The number of methoxy groups -OCH3 is 2. The van der Waals surface area contributed by atoms with E-state index in [2.05, 4.69) is 10.1 Å². The summed E-state index contributed by atoms with van der Waals surface area (Å²) in [5, 5.41) is 2.66. The van der Waals surface area contributed by atoms with E-state index in [0.717, 1.165) is 12.8 Å². The average Bonchev–Trinajstić information content (AvgIpc) is 3.05. The van der Waals surface area contributed by atoms with E-state index in [9.17, 15) is 19.2 Å². The molecule has 2 rings (SSSR count). The molecule has 0 aromatic heterocycles. The van der Waals surface area contributed by atoms with Gasteiger partial charge in [0.15, 0.2) is 0 Å². The number of ether oxygens (including phenoxy) is 2. The zero-order valence-corrected chi connectivity index (χ0v) is 15.7. The van der Waals surface area contributed by atoms with E-state index in [1.54, 1.807) is 4.90 Å². The second kappa shape index (κ2) is 9.16. The first-order valence-electron chi connectivity index (χ1n) is 8.80. The van der Waals surface area contributed by atoms with Gasteiger partial charge in [-0.3, -0.25) is 9.59 Å². The summed E-state index contributed by atoms with van der Waals surface area (Å²) >= 11 is 0. The number of rotatable bonds is 7. The third-order valence-corrected chi connectivity index (χ3v) is 4.47. The molecule has 1 heterocycles. The number of likely N-dealkylation sites (tertiary alicyclic amines) is 1. The number of amides is 2. The molecule has 8 heteroatoms. The fourth-order valence-electron chi connectivity index (χ4n) is 2.93. The van der Waals surface area contributed by atoms with Gasteiger partial charge < -0.3 is 19.7 Å². The maximum Gasteiger partial charge on any atom is 0.339 e. The number of carbonyl (C=O) groups excluding carboxylic acids is 4. The minimum Gasteiger partial charge on any atom is -0.465 e. The number of hydrogen-bond acceptors (Lipinski definition) is 6. The minimum absolute atomic E-state index is 0.0555. The number of carbonyl (C=O) groups is 4. The zero-order valence-electron chi connectivity index (χ0n) is 15.7. The fourth-order valence-corrected chi connectivity index (χ4v) is 2.93. The SMILES string of the molecule is CCCCN1C[C@H](C(=O)Nc2cc(C(=O)OC)ccc2C(=O)OC)CC1=O. The summed E-state index contributed by atoms with van der Waals surface area (Å²) in [7, 11) is 2.47. The van der Waals surface area contributed by atoms with E-state index < -0.39 is 17.9 Å². The van der Waals surface area contributed by atoms with Crippen LogP contribution < -0.4 is 5.32 Å². The van der Waals surface area contributed by atoms with Gasteiger partial charge in [0, 0.05) is 19.5 Å². The Morgan fingerprint density at radius 2 is 1.89 bits per heavy atom. The van der Waals surface area contributed by atoms with Gasteiger partial charge in [-0.05, 0) is 24.6 Å². The maximum atomic E-state index is 12.6. The molecule has 27 heavy (non-hydrogen) atoms. The Hall–Kier alpha value is -2.90. The van der Waals surface area contributed by atoms with Gasteiger partial charge in [-0.15, -0.1) is 0 Å². The highest BCUT2D eigenvalue weighted by Crippen LogP contribution is 2.24. The van der Waals surface area contributed by atoms with Crippen LogP contribution in [0.3, 0.4) is 0 Å². The lowest BCUT2D eigenvalue weighted by molar-refractivity contribution is -0.128. The summed E-state index contributed by atoms with van der Waals surface area (Å²) in [6, 6.07) is 4.17. The second-order valence-electron chi connectivity index (χ2n) is 6.33. The van der Waals surface area contributed by atoms with Crippen molar-refractivity contribution < 1.29 is 28.7 Å². The molecule has 0 radical (unpaired) electrons. The van der Waals surface area contributed by atoms with Crippen molar-refractivity contribution in [1.82, 2.24) is 4.90 Å². The van der Waals surface area contributed by atoms with Crippen molar-refractivity contribution in [2.75, 3.05) is 32.6 Å². The Balaban J connectivity index is 2.19. The lowest BCUT2D eigenvalue weighted by Crippen LogP contribution is -2.29. The first kappa shape index (κ1) is 20.4. The Labute approximate surface area is 157 Å². The molecule has 0 unspecified atom stereocenters. The highest BCUT2D eigenvalue weighted by Gasteiger charge is 2.34. The van der Waals surface area contributed by atoms with Crippen LogP contribution in [0.4, 0.5) is 5.69 Å². The Kier molecular flexibility index (Phi) is 6.92. The molecule has 1 aliphatic heterocycles. The van der Waals surface area contributed by atoms with Crippen LogP contribution in [0.25, 0.3) is 0 Å². The van der Waals surface area contributed by atoms with Gasteiger partial charge >= 0.3 is 11.9 Å². The van der Waals surface area contributed by atoms with Crippen molar-refractivity contribution in [1.29, 1.82) is 0 Å². The predicted molar refractivity (Wildman–Crippen MR) is 97.3 cm³/mol. The molecule has 8 nitrogen and oxygen atoms in total. The molecule has 1 aromatic rings. The molecule has 0 saturated carbocycles. The van der Waals surface area contributed by atoms with Crippen molar-refractivity contribution in [2.45, 2.75) is 26.2 Å². The molecule has 1 aromatic carbocycles. The van der Waals surface area contributed by atoms with Crippen LogP contribution in [0.1, 0.15) is 46.9 Å². The minimum atomic E-state index is -0.645. The Bertz CT molecular complexity index is 746. The summed E-state index contributed by atoms with van der Waals surface area (Å²) in [6.07, 6.45) is 1.97. The van der Waals surface area contributed by atoms with Crippen LogP contribution in [0.2, 0.25) is 0 Å². The molecule has 1 aliphatic rings. The van der Waals surface area contributed by atoms with Crippen LogP contribution >= 0.6 is 0 Å². The Morgan fingerprint density at radius 3 is 2.52 bits per heavy atom. The molecular weight excluding hydrogens is 352 g/mol. The zero-order chi connectivity index (χ0) is 20.0. The van der Waals surface area contributed by atoms with E-state index in [1.807, 2.05) is 6.92 Å². The number of hydrogen-bond donors (Lipinski definition) is 1. The molecular formula is C19H24N2O6. The van der Waals surface area contributed by atoms with Gasteiger partial charge in [-0.25, -0.2) is 9.59 Å². The number of unbranched alkanes of at least 4 members (excludes halogenated alkanes) is 1. The average molecular weight is 376 g/mol. The van der Waals surface area contributed by atoms with Gasteiger partial charge in [0.25, 0.3) is 0 Å². The monoisotopic (exact) mass is 376 g/mol. The van der Waals surface area contributed by atoms with Crippen molar-refractivity contribution in [3.63, 3.8) is 0 Å². The summed E-state index contributed by atoms with van der Waals surface area (Å²) in [4.78, 5) is 50.1. The standard InChI is InChI=1S/C19H24N2O6/c1-4-5-8-21-11-13(10-16(21)22)17(23)20-15-9-12(18(24)26-2)6-7-14(15)19(25)27-3/h6-7,9,13H,4-5,8,10-11H2,1-3H3,(H,20,23)/t13-/m1/s1. The highest BCUT2D eigenvalue weighted by atomic mass is 16.5. The van der Waals surface area contributed by atoms with E-state index in [4.69, 9.17) is 4.74 Å². The third kappa shape index (κ3) is 4.84. The first-order chi connectivity index (χ1) is 12.9. The van der Waals surface area contributed by atoms with Crippen molar-refractivity contribution in [3.8, 4) is 0 Å². The van der Waals surface area contributed by atoms with Gasteiger partial charge in [-0.1, -0.05) is 13.3 Å². The van der Waals surface area contributed by atoms with Crippen LogP contribution in [0.15, 0.2) is 18.2 Å². The summed E-state index contributed by atoms with van der Waals surface area (Å²) in [5.41, 5.74) is 0.451. The lowest BCUT2D eigenvalue weighted by Gasteiger charge is -2.16. The number of benzene rings is 1. The summed E-state index contributed by atoms with van der Waals surface area (Å²) < 4.78 is 9.39. The number of anilines is 1. The van der Waals surface area contributed by atoms with Crippen LogP contribution in [0, 0.1) is 5.92 Å². The van der Waals surface area contributed by atoms with Crippen LogP contribution in [0.5, 0.6) is 0 Å². The summed E-state index contributed by atoms with van der Waals surface area (Å²) in [5.74, 6) is -2.19. The van der Waals surface area contributed by atoms with Crippen LogP contribution in [-0.4, -0.2) is 56.0 Å². The summed E-state index contributed by atoms with van der Waals surface area (Å²) in [6.45, 7) is 3.01. The molecule has 1 fully saturated rings. The smallest absolute Gasteiger partial charge is 0.339 e. The Morgan fingerprint density at radius 1 is 1.19 bits per heavy atom. The molecule has 1 saturated heterocycles. The predicted octanol–water partition coefficient (Wildman–Crippen LogP) is 1.85. The van der Waals surface area contributed by atoms with Crippen molar-refractivity contribution in [2.24, 2.45) is 5.92 Å². The molecule has 146 valence electrons. The van der Waals surface area contributed by atoms with E-state index >= 15 is 0 Å². The maximum absolute atomic E-state index is 12.6. The van der Waals surface area contributed by atoms with E-state index in [-0.39, 0.29) is 35.0 Å². The normalized spacial score (nSPS) is 16.2. The number of esters is 2.